The quantitative estimate of drug-likeness (QED) is 0.544. The van der Waals surface area contributed by atoms with Crippen LogP contribution in [0, 0.1) is 16.7 Å². The number of rotatable bonds is 4. The van der Waals surface area contributed by atoms with Gasteiger partial charge in [0.2, 0.25) is 5.92 Å². The number of allylic oxidation sites excluding steroid dienone is 1. The zero-order valence-corrected chi connectivity index (χ0v) is 18.5. The molecule has 1 saturated carbocycles. The SMILES string of the molecule is COC(=O)c1ccc(C2=CC3(CCN2C(=O)OC(C)(C)C)CC(F)(F)C3)c(NCC#N)n1. The zero-order valence-electron chi connectivity index (χ0n) is 18.5. The molecule has 172 valence electrons. The topological polar surface area (TPSA) is 105 Å². The van der Waals surface area contributed by atoms with Gasteiger partial charge >= 0.3 is 12.1 Å². The summed E-state index contributed by atoms with van der Waals surface area (Å²) in [6, 6.07) is 4.91. The molecule has 2 aliphatic rings. The summed E-state index contributed by atoms with van der Waals surface area (Å²) in [6.07, 6.45) is 0.818. The van der Waals surface area contributed by atoms with E-state index in [-0.39, 0.29) is 37.4 Å². The van der Waals surface area contributed by atoms with Gasteiger partial charge in [0.1, 0.15) is 18.0 Å². The van der Waals surface area contributed by atoms with Crippen LogP contribution in [0.2, 0.25) is 0 Å². The highest BCUT2D eigenvalue weighted by Crippen LogP contribution is 2.57. The van der Waals surface area contributed by atoms with Crippen LogP contribution in [-0.4, -0.2) is 53.7 Å². The molecule has 10 heteroatoms. The first-order valence-corrected chi connectivity index (χ1v) is 10.2. The van der Waals surface area contributed by atoms with Gasteiger partial charge in [0.05, 0.1) is 18.9 Å². The molecule has 32 heavy (non-hydrogen) atoms. The Bertz CT molecular complexity index is 987. The van der Waals surface area contributed by atoms with E-state index in [1.807, 2.05) is 6.07 Å². The highest BCUT2D eigenvalue weighted by Gasteiger charge is 2.57. The van der Waals surface area contributed by atoms with Crippen molar-refractivity contribution < 1.29 is 27.8 Å². The van der Waals surface area contributed by atoms with E-state index in [1.54, 1.807) is 32.9 Å². The number of hydrogen-bond donors (Lipinski definition) is 1. The average Bonchev–Trinajstić information content (AvgIpc) is 2.68. The van der Waals surface area contributed by atoms with E-state index >= 15 is 0 Å². The molecule has 1 aromatic rings. The second-order valence-electron chi connectivity index (χ2n) is 9.08. The monoisotopic (exact) mass is 448 g/mol. The number of halogens is 2. The molecule has 1 N–H and O–H groups in total. The molecule has 1 aliphatic heterocycles. The third kappa shape index (κ3) is 4.98. The fraction of sp³-hybridized carbons (Fsp3) is 0.545. The number of nitrogens with one attached hydrogen (secondary N) is 1. The molecule has 1 aliphatic carbocycles. The van der Waals surface area contributed by atoms with Crippen molar-refractivity contribution in [3.05, 3.63) is 29.5 Å². The number of anilines is 1. The fourth-order valence-corrected chi connectivity index (χ4v) is 4.02. The Labute approximate surface area is 185 Å². The lowest BCUT2D eigenvalue weighted by molar-refractivity contribution is -0.146. The van der Waals surface area contributed by atoms with Crippen molar-refractivity contribution in [1.82, 2.24) is 9.88 Å². The van der Waals surface area contributed by atoms with Crippen LogP contribution in [0.5, 0.6) is 0 Å². The highest BCUT2D eigenvalue weighted by atomic mass is 19.3. The van der Waals surface area contributed by atoms with Gasteiger partial charge in [0.15, 0.2) is 5.69 Å². The number of carbonyl (C=O) groups excluding carboxylic acids is 2. The van der Waals surface area contributed by atoms with Gasteiger partial charge in [0, 0.05) is 30.4 Å². The molecule has 8 nitrogen and oxygen atoms in total. The third-order valence-corrected chi connectivity index (χ3v) is 5.30. The summed E-state index contributed by atoms with van der Waals surface area (Å²) >= 11 is 0. The number of hydrogen-bond acceptors (Lipinski definition) is 7. The number of carbonyl (C=O) groups is 2. The minimum Gasteiger partial charge on any atom is -0.464 e. The largest absolute Gasteiger partial charge is 0.464 e. The van der Waals surface area contributed by atoms with Crippen LogP contribution in [0.3, 0.4) is 0 Å². The van der Waals surface area contributed by atoms with Crippen molar-refractivity contribution in [2.24, 2.45) is 5.41 Å². The van der Waals surface area contributed by atoms with Gasteiger partial charge in [-0.05, 0) is 39.3 Å². The van der Waals surface area contributed by atoms with Crippen molar-refractivity contribution in [3.63, 3.8) is 0 Å². The fourth-order valence-electron chi connectivity index (χ4n) is 4.02. The lowest BCUT2D eigenvalue weighted by Gasteiger charge is -2.49. The Balaban J connectivity index is 2.08. The lowest BCUT2D eigenvalue weighted by atomic mass is 9.62. The predicted molar refractivity (Wildman–Crippen MR) is 112 cm³/mol. The molecule has 1 amide bonds. The average molecular weight is 448 g/mol. The molecule has 1 fully saturated rings. The first-order chi connectivity index (χ1) is 14.9. The predicted octanol–water partition coefficient (Wildman–Crippen LogP) is 4.20. The summed E-state index contributed by atoms with van der Waals surface area (Å²) in [4.78, 5) is 30.5. The molecule has 0 atom stereocenters. The number of pyridine rings is 1. The minimum absolute atomic E-state index is 0.00167. The van der Waals surface area contributed by atoms with Gasteiger partial charge < -0.3 is 14.8 Å². The molecular formula is C22H26F2N4O4. The number of esters is 1. The molecule has 0 bridgehead atoms. The van der Waals surface area contributed by atoms with E-state index in [9.17, 15) is 18.4 Å². The van der Waals surface area contributed by atoms with E-state index in [2.05, 4.69) is 10.3 Å². The number of alkyl halides is 2. The standard InChI is InChI=1S/C22H26F2N4O4/c1-20(2,3)32-19(30)28-10-7-21(12-22(23,24)13-21)11-16(28)14-5-6-15(18(29)31-4)27-17(14)26-9-8-25/h5-6,11H,7,9-10,12-13H2,1-4H3,(H,26,27). The van der Waals surface area contributed by atoms with E-state index in [0.29, 0.717) is 17.7 Å². The zero-order chi connectivity index (χ0) is 23.7. The summed E-state index contributed by atoms with van der Waals surface area (Å²) < 4.78 is 37.7. The Morgan fingerprint density at radius 1 is 1.31 bits per heavy atom. The van der Waals surface area contributed by atoms with E-state index in [4.69, 9.17) is 14.7 Å². The van der Waals surface area contributed by atoms with E-state index < -0.39 is 29.0 Å². The Morgan fingerprint density at radius 3 is 2.56 bits per heavy atom. The van der Waals surface area contributed by atoms with Crippen LogP contribution in [0.1, 0.15) is 56.1 Å². The van der Waals surface area contributed by atoms with Gasteiger partial charge in [0.25, 0.3) is 0 Å². The molecule has 3 rings (SSSR count). The summed E-state index contributed by atoms with van der Waals surface area (Å²) in [5.41, 5.74) is -0.749. The van der Waals surface area contributed by atoms with Gasteiger partial charge in [-0.25, -0.2) is 23.4 Å². The van der Waals surface area contributed by atoms with Gasteiger partial charge in [-0.15, -0.1) is 0 Å². The normalized spacial score (nSPS) is 18.8. The highest BCUT2D eigenvalue weighted by molar-refractivity contribution is 5.90. The molecule has 1 aromatic heterocycles. The summed E-state index contributed by atoms with van der Waals surface area (Å²) in [6.45, 7) is 5.28. The maximum atomic E-state index is 13.8. The lowest BCUT2D eigenvalue weighted by Crippen LogP contribution is -2.50. The molecule has 2 heterocycles. The van der Waals surface area contributed by atoms with Crippen LogP contribution in [0.25, 0.3) is 5.70 Å². The summed E-state index contributed by atoms with van der Waals surface area (Å²) in [5, 5.41) is 11.8. The molecule has 0 saturated heterocycles. The number of methoxy groups -OCH3 is 1. The number of nitrogens with zero attached hydrogens (tertiary/aromatic N) is 3. The first kappa shape index (κ1) is 23.4. The maximum Gasteiger partial charge on any atom is 0.414 e. The van der Waals surface area contributed by atoms with Crippen LogP contribution in [0.15, 0.2) is 18.2 Å². The number of amides is 1. The first-order valence-electron chi connectivity index (χ1n) is 10.2. The third-order valence-electron chi connectivity index (χ3n) is 5.30. The van der Waals surface area contributed by atoms with Gasteiger partial charge in [-0.1, -0.05) is 6.08 Å². The number of ether oxygens (including phenoxy) is 2. The molecular weight excluding hydrogens is 422 g/mol. The Morgan fingerprint density at radius 2 is 2.00 bits per heavy atom. The van der Waals surface area contributed by atoms with Crippen molar-refractivity contribution in [2.75, 3.05) is 25.5 Å². The number of aromatic nitrogens is 1. The minimum atomic E-state index is -2.75. The van der Waals surface area contributed by atoms with E-state index in [1.165, 1.54) is 18.1 Å². The van der Waals surface area contributed by atoms with Crippen LogP contribution < -0.4 is 5.32 Å². The van der Waals surface area contributed by atoms with Crippen LogP contribution >= 0.6 is 0 Å². The summed E-state index contributed by atoms with van der Waals surface area (Å²) in [7, 11) is 1.22. The van der Waals surface area contributed by atoms with Gasteiger partial charge in [-0.2, -0.15) is 5.26 Å². The van der Waals surface area contributed by atoms with Crippen molar-refractivity contribution >= 4 is 23.6 Å². The van der Waals surface area contributed by atoms with Crippen LogP contribution in [-0.2, 0) is 9.47 Å². The molecule has 0 aromatic carbocycles. The van der Waals surface area contributed by atoms with E-state index in [0.717, 1.165) is 0 Å². The molecule has 0 unspecified atom stereocenters. The van der Waals surface area contributed by atoms with Crippen molar-refractivity contribution in [3.8, 4) is 6.07 Å². The smallest absolute Gasteiger partial charge is 0.414 e. The second kappa shape index (κ2) is 8.37. The van der Waals surface area contributed by atoms with Gasteiger partial charge in [-0.3, -0.25) is 4.90 Å². The number of nitriles is 1. The Kier molecular flexibility index (Phi) is 6.13. The Hall–Kier alpha value is -3.22. The van der Waals surface area contributed by atoms with Crippen molar-refractivity contribution in [2.45, 2.75) is 51.6 Å². The summed E-state index contributed by atoms with van der Waals surface area (Å²) in [5.74, 6) is -3.25. The molecule has 0 radical (unpaired) electrons. The van der Waals surface area contributed by atoms with Crippen LogP contribution in [0.4, 0.5) is 19.4 Å². The molecule has 1 spiro atoms. The van der Waals surface area contributed by atoms with Crippen molar-refractivity contribution in [1.29, 1.82) is 5.26 Å². The second-order valence-corrected chi connectivity index (χ2v) is 9.08. The maximum absolute atomic E-state index is 13.8.